The van der Waals surface area contributed by atoms with Crippen molar-refractivity contribution in [3.05, 3.63) is 29.1 Å². The molecule has 4 rings (SSSR count). The molecule has 1 saturated heterocycles. The zero-order valence-electron chi connectivity index (χ0n) is 10.6. The van der Waals surface area contributed by atoms with E-state index in [0.29, 0.717) is 6.61 Å². The SMILES string of the molecule is c1ccc2c(c1)OCc1sc(N3CCNCC3)nc1-2. The van der Waals surface area contributed by atoms with E-state index in [9.17, 15) is 0 Å². The predicted octanol–water partition coefficient (Wildman–Crippen LogP) is 2.11. The van der Waals surface area contributed by atoms with Crippen LogP contribution in [0, 0.1) is 0 Å². The van der Waals surface area contributed by atoms with Crippen LogP contribution in [0.2, 0.25) is 0 Å². The van der Waals surface area contributed by atoms with Crippen LogP contribution >= 0.6 is 11.3 Å². The second-order valence-electron chi connectivity index (χ2n) is 4.79. The van der Waals surface area contributed by atoms with Crippen LogP contribution in [0.25, 0.3) is 11.3 Å². The number of nitrogens with one attached hydrogen (secondary N) is 1. The Labute approximate surface area is 116 Å². The number of hydrogen-bond acceptors (Lipinski definition) is 5. The van der Waals surface area contributed by atoms with Crippen molar-refractivity contribution in [3.8, 4) is 17.0 Å². The lowest BCUT2D eigenvalue weighted by atomic mass is 10.1. The summed E-state index contributed by atoms with van der Waals surface area (Å²) in [6.07, 6.45) is 0. The van der Waals surface area contributed by atoms with Gasteiger partial charge in [-0.3, -0.25) is 0 Å². The molecule has 0 aliphatic carbocycles. The van der Waals surface area contributed by atoms with Gasteiger partial charge in [0.25, 0.3) is 0 Å². The highest BCUT2D eigenvalue weighted by Gasteiger charge is 2.24. The summed E-state index contributed by atoms with van der Waals surface area (Å²) >= 11 is 1.77. The second kappa shape index (κ2) is 4.51. The molecular weight excluding hydrogens is 258 g/mol. The van der Waals surface area contributed by atoms with Crippen molar-refractivity contribution in [2.24, 2.45) is 0 Å². The fourth-order valence-corrected chi connectivity index (χ4v) is 3.61. The number of rotatable bonds is 1. The van der Waals surface area contributed by atoms with E-state index in [-0.39, 0.29) is 0 Å². The minimum atomic E-state index is 0.649. The zero-order valence-corrected chi connectivity index (χ0v) is 11.4. The summed E-state index contributed by atoms with van der Waals surface area (Å²) in [6.45, 7) is 4.80. The van der Waals surface area contributed by atoms with Crippen LogP contribution in [0.4, 0.5) is 5.13 Å². The molecule has 5 heteroatoms. The third-order valence-corrected chi connectivity index (χ3v) is 4.66. The highest BCUT2D eigenvalue weighted by Crippen LogP contribution is 2.41. The summed E-state index contributed by atoms with van der Waals surface area (Å²) in [7, 11) is 0. The van der Waals surface area contributed by atoms with Crippen molar-refractivity contribution in [1.82, 2.24) is 10.3 Å². The molecular formula is C14H15N3OS. The van der Waals surface area contributed by atoms with Crippen LogP contribution in [0.3, 0.4) is 0 Å². The Balaban J connectivity index is 1.74. The normalized spacial score (nSPS) is 17.6. The number of aromatic nitrogens is 1. The Morgan fingerprint density at radius 1 is 1.21 bits per heavy atom. The number of para-hydroxylation sites is 1. The Morgan fingerprint density at radius 3 is 2.95 bits per heavy atom. The minimum Gasteiger partial charge on any atom is -0.487 e. The van der Waals surface area contributed by atoms with Gasteiger partial charge in [0.05, 0.1) is 10.6 Å². The van der Waals surface area contributed by atoms with Crippen molar-refractivity contribution in [2.75, 3.05) is 31.1 Å². The van der Waals surface area contributed by atoms with E-state index < -0.39 is 0 Å². The van der Waals surface area contributed by atoms with E-state index in [0.717, 1.165) is 48.3 Å². The molecule has 0 radical (unpaired) electrons. The van der Waals surface area contributed by atoms with Gasteiger partial charge < -0.3 is 15.0 Å². The van der Waals surface area contributed by atoms with Crippen LogP contribution in [0.5, 0.6) is 5.75 Å². The van der Waals surface area contributed by atoms with E-state index in [1.807, 2.05) is 18.2 Å². The molecule has 2 aliphatic heterocycles. The lowest BCUT2D eigenvalue weighted by Gasteiger charge is -2.26. The molecule has 0 atom stereocenters. The molecule has 2 aromatic rings. The average molecular weight is 273 g/mol. The third kappa shape index (κ3) is 1.89. The molecule has 1 N–H and O–H groups in total. The summed E-state index contributed by atoms with van der Waals surface area (Å²) in [4.78, 5) is 8.46. The van der Waals surface area contributed by atoms with Gasteiger partial charge in [-0.1, -0.05) is 23.5 Å². The van der Waals surface area contributed by atoms with Gasteiger partial charge in [0.1, 0.15) is 12.4 Å². The quantitative estimate of drug-likeness (QED) is 0.863. The largest absolute Gasteiger partial charge is 0.487 e. The molecule has 0 bridgehead atoms. The number of nitrogens with zero attached hydrogens (tertiary/aromatic N) is 2. The first-order chi connectivity index (χ1) is 9.42. The molecule has 1 fully saturated rings. The van der Waals surface area contributed by atoms with Gasteiger partial charge in [-0.15, -0.1) is 0 Å². The minimum absolute atomic E-state index is 0.649. The van der Waals surface area contributed by atoms with Crippen molar-refractivity contribution in [2.45, 2.75) is 6.61 Å². The van der Waals surface area contributed by atoms with E-state index >= 15 is 0 Å². The second-order valence-corrected chi connectivity index (χ2v) is 5.85. The first-order valence-electron chi connectivity index (χ1n) is 6.59. The molecule has 98 valence electrons. The highest BCUT2D eigenvalue weighted by atomic mass is 32.1. The smallest absolute Gasteiger partial charge is 0.186 e. The van der Waals surface area contributed by atoms with Crippen molar-refractivity contribution in [1.29, 1.82) is 0 Å². The van der Waals surface area contributed by atoms with Crippen LogP contribution in [-0.2, 0) is 6.61 Å². The van der Waals surface area contributed by atoms with E-state index in [1.54, 1.807) is 11.3 Å². The molecule has 1 aromatic carbocycles. The number of ether oxygens (including phenoxy) is 1. The number of piperazine rings is 1. The summed E-state index contributed by atoms with van der Waals surface area (Å²) in [6, 6.07) is 8.16. The summed E-state index contributed by atoms with van der Waals surface area (Å²) < 4.78 is 5.79. The van der Waals surface area contributed by atoms with E-state index in [4.69, 9.17) is 9.72 Å². The molecule has 2 aliphatic rings. The van der Waals surface area contributed by atoms with Crippen LogP contribution in [0.1, 0.15) is 4.88 Å². The molecule has 0 amide bonds. The van der Waals surface area contributed by atoms with Crippen molar-refractivity contribution >= 4 is 16.5 Å². The predicted molar refractivity (Wildman–Crippen MR) is 77.0 cm³/mol. The van der Waals surface area contributed by atoms with E-state index in [2.05, 4.69) is 16.3 Å². The molecule has 3 heterocycles. The number of fused-ring (bicyclic) bond motifs is 3. The third-order valence-electron chi connectivity index (χ3n) is 3.57. The van der Waals surface area contributed by atoms with Crippen LogP contribution in [-0.4, -0.2) is 31.2 Å². The standard InChI is InChI=1S/C14H15N3OS/c1-2-4-11-10(3-1)13-12(9-18-11)19-14(16-13)17-7-5-15-6-8-17/h1-4,15H,5-9H2. The van der Waals surface area contributed by atoms with Gasteiger partial charge in [0, 0.05) is 31.7 Å². The first kappa shape index (κ1) is 11.3. The maximum Gasteiger partial charge on any atom is 0.186 e. The molecule has 4 nitrogen and oxygen atoms in total. The molecule has 0 saturated carbocycles. The van der Waals surface area contributed by atoms with Gasteiger partial charge in [-0.25, -0.2) is 4.98 Å². The maximum atomic E-state index is 5.79. The Kier molecular flexibility index (Phi) is 2.67. The van der Waals surface area contributed by atoms with Crippen LogP contribution in [0.15, 0.2) is 24.3 Å². The van der Waals surface area contributed by atoms with Gasteiger partial charge in [0.15, 0.2) is 5.13 Å². The lowest BCUT2D eigenvalue weighted by Crippen LogP contribution is -2.43. The van der Waals surface area contributed by atoms with Crippen LogP contribution < -0.4 is 15.0 Å². The Hall–Kier alpha value is -1.59. The van der Waals surface area contributed by atoms with Crippen molar-refractivity contribution < 1.29 is 4.74 Å². The fraction of sp³-hybridized carbons (Fsp3) is 0.357. The Bertz CT molecular complexity index is 604. The lowest BCUT2D eigenvalue weighted by molar-refractivity contribution is 0.305. The number of thiazole rings is 1. The molecule has 1 aromatic heterocycles. The van der Waals surface area contributed by atoms with Crippen molar-refractivity contribution in [3.63, 3.8) is 0 Å². The summed E-state index contributed by atoms with van der Waals surface area (Å²) in [5.74, 6) is 0.951. The Morgan fingerprint density at radius 2 is 2.05 bits per heavy atom. The van der Waals surface area contributed by atoms with Gasteiger partial charge >= 0.3 is 0 Å². The molecule has 19 heavy (non-hydrogen) atoms. The average Bonchev–Trinajstić information content (AvgIpc) is 2.93. The van der Waals surface area contributed by atoms with E-state index in [1.165, 1.54) is 4.88 Å². The summed E-state index contributed by atoms with van der Waals surface area (Å²) in [5.41, 5.74) is 2.24. The topological polar surface area (TPSA) is 37.4 Å². The van der Waals surface area contributed by atoms with Gasteiger partial charge in [-0.05, 0) is 12.1 Å². The molecule has 0 unspecified atom stereocenters. The van der Waals surface area contributed by atoms with Gasteiger partial charge in [-0.2, -0.15) is 0 Å². The number of benzene rings is 1. The molecule has 0 spiro atoms. The monoisotopic (exact) mass is 273 g/mol. The highest BCUT2D eigenvalue weighted by molar-refractivity contribution is 7.16. The zero-order chi connectivity index (χ0) is 12.7. The van der Waals surface area contributed by atoms with Gasteiger partial charge in [0.2, 0.25) is 0 Å². The number of hydrogen-bond donors (Lipinski definition) is 1. The maximum absolute atomic E-state index is 5.79. The number of anilines is 1. The fourth-order valence-electron chi connectivity index (χ4n) is 2.57. The first-order valence-corrected chi connectivity index (χ1v) is 7.41. The summed E-state index contributed by atoms with van der Waals surface area (Å²) in [5, 5.41) is 4.50.